The number of amides is 3. The number of halogens is 4. The van der Waals surface area contributed by atoms with Crippen molar-refractivity contribution in [2.45, 2.75) is 12.6 Å². The average molecular weight is 514 g/mol. The zero-order valence-electron chi connectivity index (χ0n) is 18.6. The Balaban J connectivity index is 1.40. The van der Waals surface area contributed by atoms with E-state index in [2.05, 4.69) is 10.6 Å². The highest BCUT2D eigenvalue weighted by atomic mass is 35.5. The Morgan fingerprint density at radius 2 is 1.56 bits per heavy atom. The molecular weight excluding hydrogens is 495 g/mol. The van der Waals surface area contributed by atoms with Crippen molar-refractivity contribution in [2.24, 2.45) is 0 Å². The maximum atomic E-state index is 12.9. The standard InChI is InChI=1S/C26H19ClF3N3O3/c27-21-22(25(36)33(24(21)35)14-13-16-5-2-1-3-6-16)31-19-11-9-17(10-12-19)23(34)32-20-8-4-7-18(15-20)26(28,29)30/h1-12,15,31H,13-14H2,(H,32,34). The molecule has 3 aromatic carbocycles. The van der Waals surface area contributed by atoms with Crippen molar-refractivity contribution in [3.63, 3.8) is 0 Å². The fourth-order valence-electron chi connectivity index (χ4n) is 3.57. The van der Waals surface area contributed by atoms with Crippen molar-refractivity contribution in [3.8, 4) is 0 Å². The Bertz CT molecular complexity index is 1340. The van der Waals surface area contributed by atoms with Crippen LogP contribution in [-0.2, 0) is 22.2 Å². The quantitative estimate of drug-likeness (QED) is 0.413. The van der Waals surface area contributed by atoms with Gasteiger partial charge in [-0.3, -0.25) is 19.3 Å². The van der Waals surface area contributed by atoms with Crippen LogP contribution < -0.4 is 10.6 Å². The van der Waals surface area contributed by atoms with Gasteiger partial charge in [0.1, 0.15) is 10.7 Å². The van der Waals surface area contributed by atoms with Crippen molar-refractivity contribution in [3.05, 3.63) is 106 Å². The molecular formula is C26H19ClF3N3O3. The third-order valence-electron chi connectivity index (χ3n) is 5.44. The Kier molecular flexibility index (Phi) is 7.12. The Morgan fingerprint density at radius 3 is 2.22 bits per heavy atom. The summed E-state index contributed by atoms with van der Waals surface area (Å²) < 4.78 is 38.6. The first-order valence-electron chi connectivity index (χ1n) is 10.8. The smallest absolute Gasteiger partial charge is 0.350 e. The zero-order chi connectivity index (χ0) is 25.9. The maximum absolute atomic E-state index is 12.9. The highest BCUT2D eigenvalue weighted by molar-refractivity contribution is 6.48. The molecule has 1 aliphatic rings. The lowest BCUT2D eigenvalue weighted by Gasteiger charge is -2.15. The van der Waals surface area contributed by atoms with Crippen LogP contribution in [0.25, 0.3) is 0 Å². The number of carbonyl (C=O) groups is 3. The molecule has 10 heteroatoms. The van der Waals surface area contributed by atoms with Gasteiger partial charge in [0.15, 0.2) is 0 Å². The molecule has 1 aliphatic heterocycles. The fraction of sp³-hybridized carbons (Fsp3) is 0.115. The molecule has 3 amide bonds. The molecule has 0 fully saturated rings. The molecule has 1 heterocycles. The highest BCUT2D eigenvalue weighted by Crippen LogP contribution is 2.31. The molecule has 0 unspecified atom stereocenters. The normalized spacial score (nSPS) is 13.8. The number of benzene rings is 3. The minimum atomic E-state index is -4.53. The van der Waals surface area contributed by atoms with Gasteiger partial charge in [-0.2, -0.15) is 13.2 Å². The van der Waals surface area contributed by atoms with E-state index in [0.29, 0.717) is 12.1 Å². The Morgan fingerprint density at radius 1 is 0.861 bits per heavy atom. The van der Waals surface area contributed by atoms with E-state index in [1.54, 1.807) is 0 Å². The van der Waals surface area contributed by atoms with Crippen LogP contribution in [0.2, 0.25) is 0 Å². The van der Waals surface area contributed by atoms with Crippen LogP contribution in [0.1, 0.15) is 21.5 Å². The second kappa shape index (κ2) is 10.2. The number of nitrogens with one attached hydrogen (secondary N) is 2. The van der Waals surface area contributed by atoms with Gasteiger partial charge >= 0.3 is 6.18 Å². The van der Waals surface area contributed by atoms with Crippen molar-refractivity contribution in [1.29, 1.82) is 0 Å². The van der Waals surface area contributed by atoms with Crippen molar-refractivity contribution in [1.82, 2.24) is 4.90 Å². The van der Waals surface area contributed by atoms with Crippen molar-refractivity contribution < 1.29 is 27.6 Å². The van der Waals surface area contributed by atoms with Gasteiger partial charge in [-0.1, -0.05) is 48.0 Å². The van der Waals surface area contributed by atoms with E-state index >= 15 is 0 Å². The second-order valence-corrected chi connectivity index (χ2v) is 8.30. The molecule has 0 saturated heterocycles. The number of imide groups is 1. The predicted molar refractivity (Wildman–Crippen MR) is 129 cm³/mol. The number of alkyl halides is 3. The lowest BCUT2D eigenvalue weighted by molar-refractivity contribution is -0.138. The molecule has 3 aromatic rings. The van der Waals surface area contributed by atoms with Crippen LogP contribution in [0.4, 0.5) is 24.5 Å². The summed E-state index contributed by atoms with van der Waals surface area (Å²) in [4.78, 5) is 38.8. The molecule has 0 spiro atoms. The number of carbonyl (C=O) groups excluding carboxylic acids is 3. The number of hydrogen-bond donors (Lipinski definition) is 2. The lowest BCUT2D eigenvalue weighted by Crippen LogP contribution is -2.34. The fourth-order valence-corrected chi connectivity index (χ4v) is 3.80. The summed E-state index contributed by atoms with van der Waals surface area (Å²) in [5.41, 5.74) is 0.588. The molecule has 2 N–H and O–H groups in total. The van der Waals surface area contributed by atoms with Gasteiger partial charge in [-0.15, -0.1) is 0 Å². The van der Waals surface area contributed by atoms with Gasteiger partial charge in [0.05, 0.1) is 5.56 Å². The minimum Gasteiger partial charge on any atom is -0.350 e. The predicted octanol–water partition coefficient (Wildman–Crippen LogP) is 5.43. The van der Waals surface area contributed by atoms with Crippen LogP contribution >= 0.6 is 11.6 Å². The summed E-state index contributed by atoms with van der Waals surface area (Å²) in [5.74, 6) is -1.78. The number of rotatable bonds is 7. The first kappa shape index (κ1) is 25.0. The highest BCUT2D eigenvalue weighted by Gasteiger charge is 2.37. The molecule has 0 bridgehead atoms. The minimum absolute atomic E-state index is 0.000349. The first-order valence-corrected chi connectivity index (χ1v) is 11.2. The van der Waals surface area contributed by atoms with E-state index in [0.717, 1.165) is 22.6 Å². The largest absolute Gasteiger partial charge is 0.416 e. The van der Waals surface area contributed by atoms with Gasteiger partial charge in [-0.25, -0.2) is 0 Å². The van der Waals surface area contributed by atoms with Gasteiger partial charge < -0.3 is 10.6 Å². The summed E-state index contributed by atoms with van der Waals surface area (Å²) in [6.07, 6.45) is -4.05. The molecule has 4 rings (SSSR count). The first-order chi connectivity index (χ1) is 17.1. The van der Waals surface area contributed by atoms with Gasteiger partial charge in [-0.05, 0) is 54.4 Å². The summed E-state index contributed by atoms with van der Waals surface area (Å²) >= 11 is 6.13. The van der Waals surface area contributed by atoms with Crippen LogP contribution in [0, 0.1) is 0 Å². The number of anilines is 2. The zero-order valence-corrected chi connectivity index (χ0v) is 19.4. The Hall–Kier alpha value is -4.11. The summed E-state index contributed by atoms with van der Waals surface area (Å²) in [6, 6.07) is 19.5. The van der Waals surface area contributed by atoms with Crippen LogP contribution in [0.15, 0.2) is 89.6 Å². The van der Waals surface area contributed by atoms with E-state index in [1.165, 1.54) is 36.4 Å². The van der Waals surface area contributed by atoms with E-state index in [-0.39, 0.29) is 28.5 Å². The topological polar surface area (TPSA) is 78.5 Å². The number of nitrogens with zero attached hydrogens (tertiary/aromatic N) is 1. The van der Waals surface area contributed by atoms with E-state index in [4.69, 9.17) is 11.6 Å². The van der Waals surface area contributed by atoms with Crippen LogP contribution in [0.5, 0.6) is 0 Å². The molecule has 6 nitrogen and oxygen atoms in total. The van der Waals surface area contributed by atoms with E-state index in [9.17, 15) is 27.6 Å². The molecule has 0 radical (unpaired) electrons. The van der Waals surface area contributed by atoms with Crippen LogP contribution in [0.3, 0.4) is 0 Å². The summed E-state index contributed by atoms with van der Waals surface area (Å²) in [7, 11) is 0. The maximum Gasteiger partial charge on any atom is 0.416 e. The number of hydrogen-bond acceptors (Lipinski definition) is 4. The summed E-state index contributed by atoms with van der Waals surface area (Å²) in [5, 5.41) is 5.00. The van der Waals surface area contributed by atoms with E-state index < -0.39 is 29.5 Å². The van der Waals surface area contributed by atoms with Crippen LogP contribution in [-0.4, -0.2) is 29.2 Å². The van der Waals surface area contributed by atoms with Crippen molar-refractivity contribution >= 4 is 40.7 Å². The summed E-state index contributed by atoms with van der Waals surface area (Å²) in [6.45, 7) is 0.164. The molecule has 184 valence electrons. The average Bonchev–Trinajstić information content (AvgIpc) is 3.06. The third-order valence-corrected chi connectivity index (χ3v) is 5.79. The van der Waals surface area contributed by atoms with Gasteiger partial charge in [0, 0.05) is 23.5 Å². The van der Waals surface area contributed by atoms with Gasteiger partial charge in [0.2, 0.25) is 0 Å². The third kappa shape index (κ3) is 5.58. The Labute approximate surface area is 209 Å². The SMILES string of the molecule is O=C(Nc1cccc(C(F)(F)F)c1)c1ccc(NC2=C(Cl)C(=O)N(CCc3ccccc3)C2=O)cc1. The molecule has 36 heavy (non-hydrogen) atoms. The lowest BCUT2D eigenvalue weighted by atomic mass is 10.1. The van der Waals surface area contributed by atoms with Gasteiger partial charge in [0.25, 0.3) is 17.7 Å². The molecule has 0 atom stereocenters. The van der Waals surface area contributed by atoms with E-state index in [1.807, 2.05) is 30.3 Å². The second-order valence-electron chi connectivity index (χ2n) is 7.92. The molecule has 0 aliphatic carbocycles. The monoisotopic (exact) mass is 513 g/mol. The van der Waals surface area contributed by atoms with Crippen molar-refractivity contribution in [2.75, 3.05) is 17.2 Å². The molecule has 0 saturated carbocycles. The molecule has 0 aromatic heterocycles.